The number of pyridine rings is 1. The number of nitrogens with zero attached hydrogens (tertiary/aromatic N) is 4. The van der Waals surface area contributed by atoms with E-state index in [-0.39, 0.29) is 22.9 Å². The fourth-order valence-corrected chi connectivity index (χ4v) is 3.02. The van der Waals surface area contributed by atoms with Crippen LogP contribution in [-0.4, -0.2) is 43.7 Å². The maximum Gasteiger partial charge on any atom is 0.277 e. The van der Waals surface area contributed by atoms with E-state index in [9.17, 15) is 9.18 Å². The van der Waals surface area contributed by atoms with E-state index < -0.39 is 11.7 Å². The van der Waals surface area contributed by atoms with E-state index in [1.807, 2.05) is 0 Å². The van der Waals surface area contributed by atoms with Gasteiger partial charge in [0.15, 0.2) is 17.2 Å². The number of amides is 1. The summed E-state index contributed by atoms with van der Waals surface area (Å²) in [4.78, 5) is 21.2. The Morgan fingerprint density at radius 1 is 1.13 bits per heavy atom. The van der Waals surface area contributed by atoms with Gasteiger partial charge in [-0.2, -0.15) is 5.10 Å². The summed E-state index contributed by atoms with van der Waals surface area (Å²) in [6, 6.07) is 12.9. The Labute approximate surface area is 175 Å². The first-order chi connectivity index (χ1) is 14.6. The summed E-state index contributed by atoms with van der Waals surface area (Å²) in [5.74, 6) is -0.245. The third-order valence-corrected chi connectivity index (χ3v) is 4.52. The Balaban J connectivity index is 1.64. The van der Waals surface area contributed by atoms with Crippen LogP contribution < -0.4 is 10.6 Å². The van der Waals surface area contributed by atoms with E-state index in [0.29, 0.717) is 29.5 Å². The van der Waals surface area contributed by atoms with Gasteiger partial charge in [-0.15, -0.1) is 0 Å². The summed E-state index contributed by atoms with van der Waals surface area (Å²) in [7, 11) is 0. The first kappa shape index (κ1) is 19.7. The molecule has 0 unspecified atom stereocenters. The zero-order valence-electron chi connectivity index (χ0n) is 15.5. The average molecular weight is 427 g/mol. The van der Waals surface area contributed by atoms with E-state index in [4.69, 9.17) is 16.7 Å². The third kappa shape index (κ3) is 3.93. The minimum Gasteiger partial charge on any atom is -0.395 e. The van der Waals surface area contributed by atoms with Crippen LogP contribution in [0.1, 0.15) is 10.5 Å². The van der Waals surface area contributed by atoms with Crippen LogP contribution in [0.3, 0.4) is 0 Å². The van der Waals surface area contributed by atoms with Crippen LogP contribution in [0.15, 0.2) is 54.7 Å². The van der Waals surface area contributed by atoms with Crippen molar-refractivity contribution in [2.45, 2.75) is 0 Å². The molecule has 4 aromatic rings. The molecular weight excluding hydrogens is 411 g/mol. The van der Waals surface area contributed by atoms with Crippen LogP contribution in [0.2, 0.25) is 5.02 Å². The Morgan fingerprint density at radius 3 is 2.77 bits per heavy atom. The van der Waals surface area contributed by atoms with Crippen LogP contribution in [0.4, 0.5) is 16.0 Å². The zero-order valence-corrected chi connectivity index (χ0v) is 16.3. The first-order valence-corrected chi connectivity index (χ1v) is 9.37. The lowest BCUT2D eigenvalue weighted by atomic mass is 10.1. The van der Waals surface area contributed by atoms with E-state index in [1.165, 1.54) is 16.8 Å². The highest BCUT2D eigenvalue weighted by atomic mass is 35.5. The maximum absolute atomic E-state index is 14.4. The smallest absolute Gasteiger partial charge is 0.277 e. The second-order valence-corrected chi connectivity index (χ2v) is 6.65. The summed E-state index contributed by atoms with van der Waals surface area (Å²) in [5.41, 5.74) is 1.11. The van der Waals surface area contributed by atoms with Crippen molar-refractivity contribution in [1.29, 1.82) is 0 Å². The fraction of sp³-hybridized carbons (Fsp3) is 0.100. The summed E-state index contributed by atoms with van der Waals surface area (Å²) in [6.07, 6.45) is 1.38. The average Bonchev–Trinajstić information content (AvgIpc) is 3.18. The SMILES string of the molecule is O=C(Nc1cccc(NCCO)n1)c1cnc2ccc(-c3cccc(Cl)c3F)nn12. The normalized spacial score (nSPS) is 10.9. The number of fused-ring (bicyclic) bond motifs is 1. The molecule has 0 fully saturated rings. The molecule has 8 nitrogen and oxygen atoms in total. The number of aromatic nitrogens is 4. The molecule has 1 aromatic carbocycles. The van der Waals surface area contributed by atoms with Gasteiger partial charge in [-0.1, -0.05) is 23.7 Å². The van der Waals surface area contributed by atoms with Gasteiger partial charge >= 0.3 is 0 Å². The Morgan fingerprint density at radius 2 is 1.93 bits per heavy atom. The second kappa shape index (κ2) is 8.44. The molecule has 0 aliphatic carbocycles. The highest BCUT2D eigenvalue weighted by Crippen LogP contribution is 2.26. The molecule has 0 aliphatic rings. The Bertz CT molecular complexity index is 1230. The van der Waals surface area contributed by atoms with Crippen molar-refractivity contribution in [1.82, 2.24) is 19.6 Å². The molecule has 0 saturated heterocycles. The molecule has 0 radical (unpaired) electrons. The van der Waals surface area contributed by atoms with Gasteiger partial charge in [0.25, 0.3) is 5.91 Å². The number of aliphatic hydroxyl groups excluding tert-OH is 1. The lowest BCUT2D eigenvalue weighted by Gasteiger charge is -2.08. The van der Waals surface area contributed by atoms with Crippen LogP contribution in [-0.2, 0) is 0 Å². The zero-order chi connectivity index (χ0) is 21.1. The molecule has 3 heterocycles. The topological polar surface area (TPSA) is 104 Å². The number of nitrogens with one attached hydrogen (secondary N) is 2. The number of imidazole rings is 1. The lowest BCUT2D eigenvalue weighted by Crippen LogP contribution is -2.17. The van der Waals surface area contributed by atoms with Crippen LogP contribution in [0, 0.1) is 5.82 Å². The van der Waals surface area contributed by atoms with Gasteiger partial charge in [0.2, 0.25) is 0 Å². The monoisotopic (exact) mass is 426 g/mol. The fourth-order valence-electron chi connectivity index (χ4n) is 2.84. The molecule has 0 saturated carbocycles. The van der Waals surface area contributed by atoms with E-state index >= 15 is 0 Å². The van der Waals surface area contributed by atoms with Gasteiger partial charge in [0, 0.05) is 12.1 Å². The van der Waals surface area contributed by atoms with Crippen molar-refractivity contribution < 1.29 is 14.3 Å². The number of benzene rings is 1. The summed E-state index contributed by atoms with van der Waals surface area (Å²) < 4.78 is 15.7. The summed E-state index contributed by atoms with van der Waals surface area (Å²) in [5, 5.41) is 18.8. The quantitative estimate of drug-likeness (QED) is 0.437. The molecule has 0 spiro atoms. The molecule has 10 heteroatoms. The number of rotatable bonds is 6. The molecule has 1 amide bonds. The van der Waals surface area contributed by atoms with Gasteiger partial charge in [-0.3, -0.25) is 4.79 Å². The van der Waals surface area contributed by atoms with Crippen LogP contribution in [0.5, 0.6) is 0 Å². The van der Waals surface area contributed by atoms with Gasteiger partial charge < -0.3 is 15.7 Å². The second-order valence-electron chi connectivity index (χ2n) is 6.25. The predicted molar refractivity (Wildman–Crippen MR) is 111 cm³/mol. The van der Waals surface area contributed by atoms with E-state index in [2.05, 4.69) is 25.7 Å². The van der Waals surface area contributed by atoms with Crippen LogP contribution >= 0.6 is 11.6 Å². The Kier molecular flexibility index (Phi) is 5.55. The van der Waals surface area contributed by atoms with Gasteiger partial charge in [-0.05, 0) is 36.4 Å². The lowest BCUT2D eigenvalue weighted by molar-refractivity contribution is 0.102. The molecule has 4 rings (SSSR count). The van der Waals surface area contributed by atoms with Crippen molar-refractivity contribution in [2.24, 2.45) is 0 Å². The first-order valence-electron chi connectivity index (χ1n) is 8.99. The van der Waals surface area contributed by atoms with E-state index in [1.54, 1.807) is 42.5 Å². The standard InChI is InChI=1S/C20H16ClFN6O2/c21-13-4-1-3-12(19(13)22)14-7-8-18-24-11-15(28(18)27-14)20(30)26-17-6-2-5-16(25-17)23-9-10-29/h1-8,11,29H,9-10H2,(H2,23,25,26,30). The number of carbonyl (C=O) groups is 1. The molecule has 30 heavy (non-hydrogen) atoms. The molecule has 0 aliphatic heterocycles. The number of carbonyl (C=O) groups excluding carboxylic acids is 1. The van der Waals surface area contributed by atoms with Crippen molar-refractivity contribution in [3.05, 3.63) is 71.3 Å². The Hall–Kier alpha value is -3.56. The molecule has 0 atom stereocenters. The third-order valence-electron chi connectivity index (χ3n) is 4.23. The molecule has 152 valence electrons. The van der Waals surface area contributed by atoms with Crippen molar-refractivity contribution in [2.75, 3.05) is 23.8 Å². The minimum absolute atomic E-state index is 0.0150. The highest BCUT2D eigenvalue weighted by molar-refractivity contribution is 6.31. The van der Waals surface area contributed by atoms with Gasteiger partial charge in [-0.25, -0.2) is 18.9 Å². The number of hydrogen-bond acceptors (Lipinski definition) is 6. The van der Waals surface area contributed by atoms with Crippen molar-refractivity contribution in [3.63, 3.8) is 0 Å². The number of hydrogen-bond donors (Lipinski definition) is 3. The maximum atomic E-state index is 14.4. The largest absolute Gasteiger partial charge is 0.395 e. The molecular formula is C20H16ClFN6O2. The molecule has 0 bridgehead atoms. The molecule has 3 aromatic heterocycles. The molecule has 3 N–H and O–H groups in total. The number of anilines is 2. The van der Waals surface area contributed by atoms with Gasteiger partial charge in [0.1, 0.15) is 11.6 Å². The highest BCUT2D eigenvalue weighted by Gasteiger charge is 2.16. The minimum atomic E-state index is -0.589. The number of halogens is 2. The summed E-state index contributed by atoms with van der Waals surface area (Å²) >= 11 is 5.87. The van der Waals surface area contributed by atoms with Gasteiger partial charge in [0.05, 0.1) is 23.5 Å². The van der Waals surface area contributed by atoms with Crippen molar-refractivity contribution >= 4 is 34.8 Å². The summed E-state index contributed by atoms with van der Waals surface area (Å²) in [6.45, 7) is 0.297. The predicted octanol–water partition coefficient (Wildman–Crippen LogP) is 3.24. The van der Waals surface area contributed by atoms with Crippen LogP contribution in [0.25, 0.3) is 16.9 Å². The van der Waals surface area contributed by atoms with Crippen molar-refractivity contribution in [3.8, 4) is 11.3 Å². The van der Waals surface area contributed by atoms with E-state index in [0.717, 1.165) is 0 Å². The number of aliphatic hydroxyl groups is 1.